The summed E-state index contributed by atoms with van der Waals surface area (Å²) in [6, 6.07) is 20.7. The van der Waals surface area contributed by atoms with E-state index in [1.54, 1.807) is 30.5 Å². The molecule has 0 saturated heterocycles. The molecule has 0 amide bonds. The van der Waals surface area contributed by atoms with Crippen molar-refractivity contribution in [3.05, 3.63) is 89.1 Å². The molecule has 0 fully saturated rings. The monoisotopic (exact) mass is 307 g/mol. The van der Waals surface area contributed by atoms with Crippen LogP contribution in [0.4, 0.5) is 0 Å². The fourth-order valence-electron chi connectivity index (χ4n) is 2.38. The lowest BCUT2D eigenvalue weighted by atomic mass is 9.97. The van der Waals surface area contributed by atoms with Crippen molar-refractivity contribution in [2.45, 2.75) is 6.42 Å². The standard InChI is InChI=1S/C19H14ClNO/c20-16-8-5-7-15(12-16)19(22)13-14-6-1-2-9-17(14)18-10-3-4-11-21-18/h1-12H,13H2. The number of aromatic nitrogens is 1. The van der Waals surface area contributed by atoms with Crippen molar-refractivity contribution in [2.24, 2.45) is 0 Å². The molecule has 0 aliphatic carbocycles. The second-order valence-electron chi connectivity index (χ2n) is 4.98. The highest BCUT2D eigenvalue weighted by molar-refractivity contribution is 6.31. The Labute approximate surface area is 134 Å². The Balaban J connectivity index is 1.92. The smallest absolute Gasteiger partial charge is 0.167 e. The van der Waals surface area contributed by atoms with Crippen LogP contribution in [0.2, 0.25) is 5.02 Å². The highest BCUT2D eigenvalue weighted by Gasteiger charge is 2.12. The number of carbonyl (C=O) groups excluding carboxylic acids is 1. The third-order valence-electron chi connectivity index (χ3n) is 3.46. The van der Waals surface area contributed by atoms with Crippen LogP contribution < -0.4 is 0 Å². The highest BCUT2D eigenvalue weighted by Crippen LogP contribution is 2.23. The number of benzene rings is 2. The fourth-order valence-corrected chi connectivity index (χ4v) is 2.57. The summed E-state index contributed by atoms with van der Waals surface area (Å²) in [6.07, 6.45) is 2.08. The lowest BCUT2D eigenvalue weighted by molar-refractivity contribution is 0.0993. The number of pyridine rings is 1. The zero-order valence-corrected chi connectivity index (χ0v) is 12.6. The first-order valence-electron chi connectivity index (χ1n) is 7.02. The first-order valence-corrected chi connectivity index (χ1v) is 7.40. The summed E-state index contributed by atoms with van der Waals surface area (Å²) in [5, 5.41) is 0.573. The van der Waals surface area contributed by atoms with Gasteiger partial charge in [0.05, 0.1) is 5.69 Å². The average Bonchev–Trinajstić information content (AvgIpc) is 2.56. The molecule has 0 N–H and O–H groups in total. The SMILES string of the molecule is O=C(Cc1ccccc1-c1ccccn1)c1cccc(Cl)c1. The minimum atomic E-state index is 0.0471. The molecule has 0 spiro atoms. The van der Waals surface area contributed by atoms with Gasteiger partial charge in [-0.2, -0.15) is 0 Å². The Bertz CT molecular complexity index is 799. The maximum absolute atomic E-state index is 12.5. The van der Waals surface area contributed by atoms with Gasteiger partial charge in [-0.25, -0.2) is 0 Å². The molecule has 0 bridgehead atoms. The predicted molar refractivity (Wildman–Crippen MR) is 89.2 cm³/mol. The summed E-state index contributed by atoms with van der Waals surface area (Å²) in [4.78, 5) is 16.8. The van der Waals surface area contributed by atoms with Crippen LogP contribution in [-0.4, -0.2) is 10.8 Å². The van der Waals surface area contributed by atoms with Gasteiger partial charge in [0.25, 0.3) is 0 Å². The molecule has 3 heteroatoms. The summed E-state index contributed by atoms with van der Waals surface area (Å²) < 4.78 is 0. The topological polar surface area (TPSA) is 30.0 Å². The van der Waals surface area contributed by atoms with Gasteiger partial charge < -0.3 is 0 Å². The molecule has 3 rings (SSSR count). The number of halogens is 1. The van der Waals surface area contributed by atoms with E-state index >= 15 is 0 Å². The minimum absolute atomic E-state index is 0.0471. The Morgan fingerprint density at radius 2 is 1.77 bits per heavy atom. The lowest BCUT2D eigenvalue weighted by Crippen LogP contribution is -2.05. The fraction of sp³-hybridized carbons (Fsp3) is 0.0526. The number of rotatable bonds is 4. The molecule has 2 nitrogen and oxygen atoms in total. The van der Waals surface area contributed by atoms with E-state index in [2.05, 4.69) is 4.98 Å². The first kappa shape index (κ1) is 14.5. The van der Waals surface area contributed by atoms with Gasteiger partial charge in [0, 0.05) is 28.8 Å². The molecule has 108 valence electrons. The summed E-state index contributed by atoms with van der Waals surface area (Å²) in [6.45, 7) is 0. The van der Waals surface area contributed by atoms with E-state index in [-0.39, 0.29) is 5.78 Å². The molecule has 0 radical (unpaired) electrons. The first-order chi connectivity index (χ1) is 10.7. The van der Waals surface area contributed by atoms with Gasteiger partial charge in [0.2, 0.25) is 0 Å². The molecule has 0 atom stereocenters. The molecule has 1 heterocycles. The van der Waals surface area contributed by atoms with Gasteiger partial charge in [0.1, 0.15) is 0 Å². The average molecular weight is 308 g/mol. The molecule has 3 aromatic rings. The van der Waals surface area contributed by atoms with Crippen LogP contribution in [0.15, 0.2) is 72.9 Å². The second kappa shape index (κ2) is 6.54. The Hall–Kier alpha value is -2.45. The van der Waals surface area contributed by atoms with Crippen molar-refractivity contribution in [3.8, 4) is 11.3 Å². The van der Waals surface area contributed by atoms with Crippen molar-refractivity contribution in [2.75, 3.05) is 0 Å². The van der Waals surface area contributed by atoms with Crippen LogP contribution in [-0.2, 0) is 6.42 Å². The van der Waals surface area contributed by atoms with E-state index in [0.717, 1.165) is 16.8 Å². The predicted octanol–water partition coefficient (Wildman–Crippen LogP) is 4.83. The van der Waals surface area contributed by atoms with Gasteiger partial charge >= 0.3 is 0 Å². The number of Topliss-reactive ketones (excluding diaryl/α,β-unsaturated/α-hetero) is 1. The molecule has 0 aliphatic heterocycles. The number of hydrogen-bond acceptors (Lipinski definition) is 2. The van der Waals surface area contributed by atoms with E-state index in [1.807, 2.05) is 42.5 Å². The quantitative estimate of drug-likeness (QED) is 0.646. The second-order valence-corrected chi connectivity index (χ2v) is 5.42. The van der Waals surface area contributed by atoms with Crippen LogP contribution in [0, 0.1) is 0 Å². The normalized spacial score (nSPS) is 10.4. The van der Waals surface area contributed by atoms with Crippen LogP contribution in [0.5, 0.6) is 0 Å². The van der Waals surface area contributed by atoms with Gasteiger partial charge in [0.15, 0.2) is 5.78 Å². The van der Waals surface area contributed by atoms with Gasteiger partial charge in [-0.1, -0.05) is 54.1 Å². The Morgan fingerprint density at radius 1 is 0.955 bits per heavy atom. The van der Waals surface area contributed by atoms with Gasteiger partial charge in [-0.15, -0.1) is 0 Å². The summed E-state index contributed by atoms with van der Waals surface area (Å²) in [5.74, 6) is 0.0471. The number of nitrogens with zero attached hydrogens (tertiary/aromatic N) is 1. The van der Waals surface area contributed by atoms with Crippen molar-refractivity contribution in [1.82, 2.24) is 4.98 Å². The molecule has 0 saturated carbocycles. The summed E-state index contributed by atoms with van der Waals surface area (Å²) in [5.41, 5.74) is 3.45. The molecular formula is C19H14ClNO. The minimum Gasteiger partial charge on any atom is -0.294 e. The van der Waals surface area contributed by atoms with Crippen molar-refractivity contribution in [3.63, 3.8) is 0 Å². The van der Waals surface area contributed by atoms with Gasteiger partial charge in [-0.05, 0) is 29.8 Å². The molecule has 1 aromatic heterocycles. The van der Waals surface area contributed by atoms with E-state index in [9.17, 15) is 4.79 Å². The van der Waals surface area contributed by atoms with Gasteiger partial charge in [-0.3, -0.25) is 9.78 Å². The third kappa shape index (κ3) is 3.23. The molecule has 0 aliphatic rings. The van der Waals surface area contributed by atoms with E-state index < -0.39 is 0 Å². The molecule has 0 unspecified atom stereocenters. The molecule has 22 heavy (non-hydrogen) atoms. The van der Waals surface area contributed by atoms with Crippen molar-refractivity contribution >= 4 is 17.4 Å². The summed E-state index contributed by atoms with van der Waals surface area (Å²) in [7, 11) is 0. The largest absolute Gasteiger partial charge is 0.294 e. The van der Waals surface area contributed by atoms with E-state index in [4.69, 9.17) is 11.6 Å². The number of ketones is 1. The third-order valence-corrected chi connectivity index (χ3v) is 3.69. The maximum atomic E-state index is 12.5. The van der Waals surface area contributed by atoms with Crippen LogP contribution in [0.1, 0.15) is 15.9 Å². The zero-order valence-electron chi connectivity index (χ0n) is 11.9. The number of carbonyl (C=O) groups is 1. The number of hydrogen-bond donors (Lipinski definition) is 0. The Morgan fingerprint density at radius 3 is 2.55 bits per heavy atom. The van der Waals surface area contributed by atoms with Crippen LogP contribution in [0.25, 0.3) is 11.3 Å². The van der Waals surface area contributed by atoms with Crippen LogP contribution in [0.3, 0.4) is 0 Å². The van der Waals surface area contributed by atoms with Crippen molar-refractivity contribution < 1.29 is 4.79 Å². The zero-order chi connectivity index (χ0) is 15.4. The Kier molecular flexibility index (Phi) is 4.31. The highest BCUT2D eigenvalue weighted by atomic mass is 35.5. The van der Waals surface area contributed by atoms with E-state index in [1.165, 1.54) is 0 Å². The summed E-state index contributed by atoms with van der Waals surface area (Å²) >= 11 is 5.96. The lowest BCUT2D eigenvalue weighted by Gasteiger charge is -2.08. The van der Waals surface area contributed by atoms with Crippen LogP contribution >= 0.6 is 11.6 Å². The van der Waals surface area contributed by atoms with Crippen molar-refractivity contribution in [1.29, 1.82) is 0 Å². The van der Waals surface area contributed by atoms with E-state index in [0.29, 0.717) is 17.0 Å². The molecular weight excluding hydrogens is 294 g/mol. The maximum Gasteiger partial charge on any atom is 0.167 e. The molecule has 2 aromatic carbocycles.